The second-order valence-corrected chi connectivity index (χ2v) is 5.08. The lowest BCUT2D eigenvalue weighted by atomic mass is 10.1. The van der Waals surface area contributed by atoms with Crippen molar-refractivity contribution >= 4 is 17.8 Å². The summed E-state index contributed by atoms with van der Waals surface area (Å²) in [6.07, 6.45) is 3.24. The van der Waals surface area contributed by atoms with Crippen molar-refractivity contribution in [2.45, 2.75) is 19.8 Å². The number of aromatic nitrogens is 2. The number of hydrogen-bond donors (Lipinski definition) is 0. The number of rotatable bonds is 3. The molecule has 2 aromatic rings. The molecule has 2 aromatic heterocycles. The fourth-order valence-electron chi connectivity index (χ4n) is 2.23. The van der Waals surface area contributed by atoms with E-state index in [4.69, 9.17) is 4.84 Å². The maximum absolute atomic E-state index is 12.3. The summed E-state index contributed by atoms with van der Waals surface area (Å²) < 4.78 is 0. The van der Waals surface area contributed by atoms with Crippen LogP contribution in [0.3, 0.4) is 0 Å². The van der Waals surface area contributed by atoms with Gasteiger partial charge >= 0.3 is 5.97 Å². The molecule has 23 heavy (non-hydrogen) atoms. The van der Waals surface area contributed by atoms with Gasteiger partial charge in [0.2, 0.25) is 0 Å². The Morgan fingerprint density at radius 3 is 2.57 bits per heavy atom. The quantitative estimate of drug-likeness (QED) is 0.801. The van der Waals surface area contributed by atoms with E-state index in [9.17, 15) is 14.4 Å². The Labute approximate surface area is 131 Å². The Morgan fingerprint density at radius 1 is 1.13 bits per heavy atom. The third kappa shape index (κ3) is 2.94. The summed E-state index contributed by atoms with van der Waals surface area (Å²) in [5.74, 6) is -1.87. The van der Waals surface area contributed by atoms with Gasteiger partial charge in [-0.1, -0.05) is 0 Å². The second kappa shape index (κ2) is 5.96. The summed E-state index contributed by atoms with van der Waals surface area (Å²) in [7, 11) is 0. The predicted octanol–water partition coefficient (Wildman–Crippen LogP) is 1.67. The minimum absolute atomic E-state index is 0.0471. The molecule has 0 unspecified atom stereocenters. The van der Waals surface area contributed by atoms with E-state index >= 15 is 0 Å². The van der Waals surface area contributed by atoms with Crippen LogP contribution in [0.4, 0.5) is 0 Å². The molecule has 1 fully saturated rings. The van der Waals surface area contributed by atoms with Crippen molar-refractivity contribution in [2.75, 3.05) is 0 Å². The number of carbonyl (C=O) groups excluding carboxylic acids is 3. The minimum atomic E-state index is -0.819. The first-order chi connectivity index (χ1) is 11.1. The Kier molecular flexibility index (Phi) is 3.84. The van der Waals surface area contributed by atoms with Gasteiger partial charge < -0.3 is 4.84 Å². The summed E-state index contributed by atoms with van der Waals surface area (Å²) in [6, 6.07) is 6.69. The zero-order chi connectivity index (χ0) is 16.4. The molecule has 1 saturated heterocycles. The molecule has 116 valence electrons. The lowest BCUT2D eigenvalue weighted by molar-refractivity contribution is -0.172. The van der Waals surface area contributed by atoms with Gasteiger partial charge in [-0.3, -0.25) is 19.6 Å². The maximum Gasteiger partial charge on any atom is 0.366 e. The summed E-state index contributed by atoms with van der Waals surface area (Å²) >= 11 is 0. The molecule has 0 atom stereocenters. The molecule has 0 spiro atoms. The Bertz CT molecular complexity index is 787. The first-order valence-corrected chi connectivity index (χ1v) is 7.02. The van der Waals surface area contributed by atoms with Crippen molar-refractivity contribution in [2.24, 2.45) is 0 Å². The average Bonchev–Trinajstić information content (AvgIpc) is 2.87. The van der Waals surface area contributed by atoms with Crippen LogP contribution < -0.4 is 0 Å². The third-order valence-corrected chi connectivity index (χ3v) is 3.37. The van der Waals surface area contributed by atoms with E-state index in [0.717, 1.165) is 5.56 Å². The molecule has 3 rings (SSSR count). The number of hydroxylamine groups is 2. The van der Waals surface area contributed by atoms with Crippen molar-refractivity contribution in [1.29, 1.82) is 0 Å². The molecule has 2 amide bonds. The molecule has 0 bridgehead atoms. The van der Waals surface area contributed by atoms with Gasteiger partial charge in [-0.05, 0) is 36.8 Å². The van der Waals surface area contributed by atoms with Crippen LogP contribution >= 0.6 is 0 Å². The fourth-order valence-corrected chi connectivity index (χ4v) is 2.23. The number of pyridine rings is 2. The van der Waals surface area contributed by atoms with Crippen molar-refractivity contribution < 1.29 is 19.2 Å². The number of nitrogens with zero attached hydrogens (tertiary/aromatic N) is 3. The van der Waals surface area contributed by atoms with Crippen LogP contribution in [0.1, 0.15) is 28.8 Å². The molecule has 1 aliphatic heterocycles. The Morgan fingerprint density at radius 2 is 1.87 bits per heavy atom. The van der Waals surface area contributed by atoms with E-state index < -0.39 is 17.8 Å². The number of carbonyl (C=O) groups is 3. The molecule has 0 aliphatic carbocycles. The highest BCUT2D eigenvalue weighted by Gasteiger charge is 2.33. The van der Waals surface area contributed by atoms with Gasteiger partial charge in [0.05, 0.1) is 11.3 Å². The van der Waals surface area contributed by atoms with Crippen molar-refractivity contribution in [3.8, 4) is 11.4 Å². The lowest BCUT2D eigenvalue weighted by Gasteiger charge is -2.13. The molecule has 1 aliphatic rings. The van der Waals surface area contributed by atoms with E-state index in [0.29, 0.717) is 16.5 Å². The molecule has 7 heteroatoms. The molecular formula is C16H13N3O4. The summed E-state index contributed by atoms with van der Waals surface area (Å²) in [4.78, 5) is 48.7. The van der Waals surface area contributed by atoms with E-state index in [1.54, 1.807) is 18.3 Å². The highest BCUT2D eigenvalue weighted by molar-refractivity contribution is 6.03. The third-order valence-electron chi connectivity index (χ3n) is 3.37. The summed E-state index contributed by atoms with van der Waals surface area (Å²) in [6.45, 7) is 1.90. The smallest absolute Gasteiger partial charge is 0.325 e. The largest absolute Gasteiger partial charge is 0.366 e. The molecule has 0 radical (unpaired) electrons. The number of aryl methyl sites for hydroxylation is 1. The van der Waals surface area contributed by atoms with E-state index in [1.165, 1.54) is 12.3 Å². The van der Waals surface area contributed by atoms with Crippen LogP contribution in [-0.2, 0) is 14.4 Å². The zero-order valence-corrected chi connectivity index (χ0v) is 12.4. The Hall–Kier alpha value is -3.09. The van der Waals surface area contributed by atoms with Crippen LogP contribution in [0.2, 0.25) is 0 Å². The van der Waals surface area contributed by atoms with Gasteiger partial charge in [-0.15, -0.1) is 5.06 Å². The van der Waals surface area contributed by atoms with E-state index in [1.807, 2.05) is 13.0 Å². The Balaban J connectivity index is 1.93. The first-order valence-electron chi connectivity index (χ1n) is 7.02. The molecule has 0 N–H and O–H groups in total. The predicted molar refractivity (Wildman–Crippen MR) is 78.7 cm³/mol. The maximum atomic E-state index is 12.3. The lowest BCUT2D eigenvalue weighted by Crippen LogP contribution is -2.32. The van der Waals surface area contributed by atoms with Gasteiger partial charge in [0.15, 0.2) is 0 Å². The van der Waals surface area contributed by atoms with Crippen LogP contribution in [-0.4, -0.2) is 32.8 Å². The van der Waals surface area contributed by atoms with Gasteiger partial charge in [-0.25, -0.2) is 4.79 Å². The summed E-state index contributed by atoms with van der Waals surface area (Å²) in [5.41, 5.74) is 1.94. The van der Waals surface area contributed by atoms with E-state index in [2.05, 4.69) is 9.97 Å². The van der Waals surface area contributed by atoms with Crippen LogP contribution in [0.15, 0.2) is 36.7 Å². The average molecular weight is 311 g/mol. The highest BCUT2D eigenvalue weighted by Crippen LogP contribution is 2.22. The molecule has 0 aromatic carbocycles. The standard InChI is InChI=1S/C16H13N3O4/c1-10-6-8-17-12(9-10)15-11(3-2-7-18-15)16(22)23-19-13(20)4-5-14(19)21/h2-3,6-9H,4-5H2,1H3. The molecule has 0 saturated carbocycles. The first kappa shape index (κ1) is 14.8. The van der Waals surface area contributed by atoms with Crippen molar-refractivity contribution in [3.63, 3.8) is 0 Å². The van der Waals surface area contributed by atoms with Gasteiger partial charge in [0.25, 0.3) is 11.8 Å². The van der Waals surface area contributed by atoms with E-state index in [-0.39, 0.29) is 18.4 Å². The minimum Gasteiger partial charge on any atom is -0.325 e. The van der Waals surface area contributed by atoms with Gasteiger partial charge in [-0.2, -0.15) is 0 Å². The van der Waals surface area contributed by atoms with Crippen LogP contribution in [0, 0.1) is 6.92 Å². The zero-order valence-electron chi connectivity index (χ0n) is 12.4. The van der Waals surface area contributed by atoms with Crippen LogP contribution in [0.25, 0.3) is 11.4 Å². The van der Waals surface area contributed by atoms with Crippen molar-refractivity contribution in [3.05, 3.63) is 47.8 Å². The number of amides is 2. The summed E-state index contributed by atoms with van der Waals surface area (Å²) in [5, 5.41) is 0.517. The van der Waals surface area contributed by atoms with Gasteiger partial charge in [0.1, 0.15) is 5.69 Å². The highest BCUT2D eigenvalue weighted by atomic mass is 16.7. The topological polar surface area (TPSA) is 89.5 Å². The molecular weight excluding hydrogens is 298 g/mol. The monoisotopic (exact) mass is 311 g/mol. The molecule has 3 heterocycles. The SMILES string of the molecule is Cc1ccnc(-c2ncccc2C(=O)ON2C(=O)CCC2=O)c1. The fraction of sp³-hybridized carbons (Fsp3) is 0.188. The van der Waals surface area contributed by atoms with Crippen molar-refractivity contribution in [1.82, 2.24) is 15.0 Å². The molecule has 7 nitrogen and oxygen atoms in total. The normalized spacial score (nSPS) is 14.2. The van der Waals surface area contributed by atoms with Gasteiger partial charge in [0, 0.05) is 25.2 Å². The van der Waals surface area contributed by atoms with Crippen LogP contribution in [0.5, 0.6) is 0 Å². The second-order valence-electron chi connectivity index (χ2n) is 5.08. The number of imide groups is 1. The number of hydrogen-bond acceptors (Lipinski definition) is 6.